The van der Waals surface area contributed by atoms with Gasteiger partial charge in [-0.25, -0.2) is 0 Å². The molecule has 1 aliphatic heterocycles. The molecular weight excluding hydrogens is 228 g/mol. The van der Waals surface area contributed by atoms with E-state index in [9.17, 15) is 9.90 Å². The van der Waals surface area contributed by atoms with Crippen molar-refractivity contribution < 1.29 is 9.90 Å². The number of hydrogen-bond acceptors (Lipinski definition) is 3. The van der Waals surface area contributed by atoms with Crippen LogP contribution >= 0.6 is 0 Å². The third-order valence-electron chi connectivity index (χ3n) is 4.52. The van der Waals surface area contributed by atoms with Gasteiger partial charge in [-0.1, -0.05) is 25.7 Å². The molecular formula is C14H26N2O2. The molecule has 1 saturated carbocycles. The zero-order valence-corrected chi connectivity index (χ0v) is 11.6. The van der Waals surface area contributed by atoms with Gasteiger partial charge in [-0.15, -0.1) is 0 Å². The molecule has 1 heterocycles. The third kappa shape index (κ3) is 3.23. The maximum absolute atomic E-state index is 12.1. The lowest BCUT2D eigenvalue weighted by atomic mass is 10.0. The van der Waals surface area contributed by atoms with Crippen molar-refractivity contribution in [2.45, 2.75) is 50.7 Å². The van der Waals surface area contributed by atoms with E-state index in [4.69, 9.17) is 0 Å². The Morgan fingerprint density at radius 2 is 1.94 bits per heavy atom. The predicted octanol–water partition coefficient (Wildman–Crippen LogP) is 1.09. The van der Waals surface area contributed by atoms with Crippen LogP contribution in [0.15, 0.2) is 0 Å². The summed E-state index contributed by atoms with van der Waals surface area (Å²) in [5, 5.41) is 9.92. The van der Waals surface area contributed by atoms with Crippen LogP contribution in [0, 0.1) is 5.92 Å². The van der Waals surface area contributed by atoms with E-state index in [1.54, 1.807) is 0 Å². The van der Waals surface area contributed by atoms with Crippen LogP contribution in [0.1, 0.15) is 38.5 Å². The summed E-state index contributed by atoms with van der Waals surface area (Å²) in [6, 6.07) is 0.0976. The summed E-state index contributed by atoms with van der Waals surface area (Å²) < 4.78 is 0. The summed E-state index contributed by atoms with van der Waals surface area (Å²) in [5.41, 5.74) is 0. The van der Waals surface area contributed by atoms with E-state index in [-0.39, 0.29) is 11.9 Å². The quantitative estimate of drug-likeness (QED) is 0.817. The van der Waals surface area contributed by atoms with Crippen LogP contribution in [0.4, 0.5) is 0 Å². The van der Waals surface area contributed by atoms with Gasteiger partial charge in [-0.2, -0.15) is 0 Å². The van der Waals surface area contributed by atoms with E-state index in [1.165, 1.54) is 25.7 Å². The molecule has 1 aliphatic carbocycles. The molecule has 4 nitrogen and oxygen atoms in total. The second kappa shape index (κ2) is 6.02. The van der Waals surface area contributed by atoms with E-state index in [0.29, 0.717) is 19.5 Å². The van der Waals surface area contributed by atoms with Crippen LogP contribution in [0.2, 0.25) is 0 Å². The van der Waals surface area contributed by atoms with Crippen LogP contribution in [0.3, 0.4) is 0 Å². The predicted molar refractivity (Wildman–Crippen MR) is 71.3 cm³/mol. The van der Waals surface area contributed by atoms with E-state index in [0.717, 1.165) is 12.3 Å². The fraction of sp³-hybridized carbons (Fsp3) is 0.929. The first-order valence-electron chi connectivity index (χ1n) is 7.20. The van der Waals surface area contributed by atoms with E-state index in [1.807, 2.05) is 23.9 Å². The average Bonchev–Trinajstić information content (AvgIpc) is 2.94. The summed E-state index contributed by atoms with van der Waals surface area (Å²) >= 11 is 0. The molecule has 0 spiro atoms. The number of rotatable bonds is 4. The van der Waals surface area contributed by atoms with Gasteiger partial charge in [-0.3, -0.25) is 4.79 Å². The number of carbonyl (C=O) groups is 1. The molecule has 1 N–H and O–H groups in total. The van der Waals surface area contributed by atoms with Crippen LogP contribution in [0.25, 0.3) is 0 Å². The van der Waals surface area contributed by atoms with Crippen molar-refractivity contribution in [3.8, 4) is 0 Å². The van der Waals surface area contributed by atoms with Crippen LogP contribution < -0.4 is 0 Å². The standard InChI is InChI=1S/C14H26N2O2/c1-15(2)12-9-16(10-13(12)17)14(18)8-7-11-5-3-4-6-11/h11-13,17H,3-10H2,1-2H3/t12-,13-/m1/s1. The van der Waals surface area contributed by atoms with Crippen molar-refractivity contribution in [1.82, 2.24) is 9.80 Å². The van der Waals surface area contributed by atoms with Crippen LogP contribution in [-0.4, -0.2) is 60.1 Å². The molecule has 0 bridgehead atoms. The molecule has 0 aromatic rings. The Balaban J connectivity index is 1.76. The number of β-amino-alcohol motifs (C(OH)–C–C–N with tert-alkyl or cyclic N) is 1. The lowest BCUT2D eigenvalue weighted by molar-refractivity contribution is -0.130. The zero-order valence-electron chi connectivity index (χ0n) is 11.6. The van der Waals surface area contributed by atoms with Crippen molar-refractivity contribution in [3.05, 3.63) is 0 Å². The molecule has 1 amide bonds. The smallest absolute Gasteiger partial charge is 0.222 e. The molecule has 104 valence electrons. The fourth-order valence-corrected chi connectivity index (χ4v) is 3.27. The Bertz CT molecular complexity index is 288. The van der Waals surface area contributed by atoms with E-state index < -0.39 is 6.10 Å². The summed E-state index contributed by atoms with van der Waals surface area (Å²) in [7, 11) is 3.92. The van der Waals surface area contributed by atoms with Crippen LogP contribution in [-0.2, 0) is 4.79 Å². The molecule has 0 aromatic heterocycles. The number of amides is 1. The van der Waals surface area contributed by atoms with Gasteiger partial charge >= 0.3 is 0 Å². The zero-order chi connectivity index (χ0) is 13.1. The van der Waals surface area contributed by atoms with Gasteiger partial charge in [0.2, 0.25) is 5.91 Å². The Labute approximate surface area is 110 Å². The molecule has 2 fully saturated rings. The van der Waals surface area contributed by atoms with Gasteiger partial charge in [0.1, 0.15) is 0 Å². The minimum absolute atomic E-state index is 0.0976. The van der Waals surface area contributed by atoms with Crippen molar-refractivity contribution in [2.24, 2.45) is 5.92 Å². The second-order valence-corrected chi connectivity index (χ2v) is 6.09. The van der Waals surface area contributed by atoms with Gasteiger partial charge < -0.3 is 14.9 Å². The second-order valence-electron chi connectivity index (χ2n) is 6.09. The average molecular weight is 254 g/mol. The highest BCUT2D eigenvalue weighted by Crippen LogP contribution is 2.29. The van der Waals surface area contributed by atoms with Crippen molar-refractivity contribution >= 4 is 5.91 Å². The number of hydrogen-bond donors (Lipinski definition) is 1. The maximum Gasteiger partial charge on any atom is 0.222 e. The number of aliphatic hydroxyl groups is 1. The Morgan fingerprint density at radius 3 is 2.50 bits per heavy atom. The molecule has 1 saturated heterocycles. The van der Waals surface area contributed by atoms with Gasteiger partial charge in [0.25, 0.3) is 0 Å². The number of aliphatic hydroxyl groups excluding tert-OH is 1. The molecule has 0 radical (unpaired) electrons. The normalized spacial score (nSPS) is 29.4. The monoisotopic (exact) mass is 254 g/mol. The van der Waals surface area contributed by atoms with Crippen molar-refractivity contribution in [3.63, 3.8) is 0 Å². The highest BCUT2D eigenvalue weighted by Gasteiger charge is 2.35. The van der Waals surface area contributed by atoms with Crippen LogP contribution in [0.5, 0.6) is 0 Å². The lowest BCUT2D eigenvalue weighted by Crippen LogP contribution is -2.38. The minimum Gasteiger partial charge on any atom is -0.390 e. The molecule has 0 aromatic carbocycles. The summed E-state index contributed by atoms with van der Waals surface area (Å²) in [6.45, 7) is 1.18. The Hall–Kier alpha value is -0.610. The summed E-state index contributed by atoms with van der Waals surface area (Å²) in [5.74, 6) is 0.997. The highest BCUT2D eigenvalue weighted by atomic mass is 16.3. The Morgan fingerprint density at radius 1 is 1.28 bits per heavy atom. The van der Waals surface area contributed by atoms with Crippen molar-refractivity contribution in [2.75, 3.05) is 27.2 Å². The first kappa shape index (κ1) is 13.8. The third-order valence-corrected chi connectivity index (χ3v) is 4.52. The minimum atomic E-state index is -0.393. The molecule has 4 heteroatoms. The SMILES string of the molecule is CN(C)[C@@H]1CN(C(=O)CCC2CCCC2)C[C@H]1O. The van der Waals surface area contributed by atoms with Gasteiger partial charge in [0.15, 0.2) is 0 Å². The largest absolute Gasteiger partial charge is 0.390 e. The fourth-order valence-electron chi connectivity index (χ4n) is 3.27. The van der Waals surface area contributed by atoms with Crippen molar-refractivity contribution in [1.29, 1.82) is 0 Å². The number of nitrogens with zero attached hydrogens (tertiary/aromatic N) is 2. The number of likely N-dealkylation sites (tertiary alicyclic amines) is 1. The topological polar surface area (TPSA) is 43.8 Å². The van der Waals surface area contributed by atoms with Gasteiger partial charge in [0.05, 0.1) is 12.1 Å². The Kier molecular flexibility index (Phi) is 4.62. The molecule has 2 rings (SSSR count). The highest BCUT2D eigenvalue weighted by molar-refractivity contribution is 5.76. The van der Waals surface area contributed by atoms with E-state index in [2.05, 4.69) is 0 Å². The lowest BCUT2D eigenvalue weighted by Gasteiger charge is -2.21. The summed E-state index contributed by atoms with van der Waals surface area (Å²) in [6.07, 6.45) is 6.59. The molecule has 2 aliphatic rings. The first-order chi connectivity index (χ1) is 8.58. The molecule has 2 atom stereocenters. The first-order valence-corrected chi connectivity index (χ1v) is 7.20. The molecule has 0 unspecified atom stereocenters. The summed E-state index contributed by atoms with van der Waals surface area (Å²) in [4.78, 5) is 16.0. The maximum atomic E-state index is 12.1. The number of carbonyl (C=O) groups excluding carboxylic acids is 1. The number of likely N-dealkylation sites (N-methyl/N-ethyl adjacent to an activating group) is 1. The molecule has 18 heavy (non-hydrogen) atoms. The van der Waals surface area contributed by atoms with Gasteiger partial charge in [0, 0.05) is 19.5 Å². The van der Waals surface area contributed by atoms with E-state index >= 15 is 0 Å². The van der Waals surface area contributed by atoms with Gasteiger partial charge in [-0.05, 0) is 26.4 Å².